The van der Waals surface area contributed by atoms with Crippen molar-refractivity contribution >= 4 is 23.3 Å². The molecule has 0 aliphatic rings. The molecule has 0 amide bonds. The summed E-state index contributed by atoms with van der Waals surface area (Å²) >= 11 is 4.79. The molecule has 0 saturated carbocycles. The highest BCUT2D eigenvalue weighted by Crippen LogP contribution is 2.14. The molecule has 58 valence electrons. The van der Waals surface area contributed by atoms with E-state index in [1.807, 2.05) is 6.07 Å². The van der Waals surface area contributed by atoms with Crippen LogP contribution >= 0.6 is 12.2 Å². The lowest BCUT2D eigenvalue weighted by Gasteiger charge is -1.86. The number of nitrogens with zero attached hydrogens (tertiary/aromatic N) is 1. The lowest BCUT2D eigenvalue weighted by Crippen LogP contribution is -1.72. The molecule has 0 spiro atoms. The maximum Gasteiger partial charge on any atom is 0.266 e. The third kappa shape index (κ3) is 1.00. The van der Waals surface area contributed by atoms with Crippen LogP contribution in [0, 0.1) is 16.2 Å². The summed E-state index contributed by atoms with van der Waals surface area (Å²) in [5.41, 5.74) is 2.03. The predicted molar refractivity (Wildman–Crippen MR) is 46.1 cm³/mol. The van der Waals surface area contributed by atoms with Gasteiger partial charge in [-0.05, 0) is 30.4 Å². The Morgan fingerprint density at radius 3 is 3.08 bits per heavy atom. The van der Waals surface area contributed by atoms with Crippen LogP contribution in [0.2, 0.25) is 0 Å². The number of fused-ring (bicyclic) bond motifs is 1. The fraction of sp³-hybridized carbons (Fsp3) is 0. The Morgan fingerprint density at radius 2 is 2.33 bits per heavy atom. The Bertz CT molecular complexity index is 518. The zero-order chi connectivity index (χ0) is 8.55. The number of nitrogens with one attached hydrogen (secondary N) is 1. The van der Waals surface area contributed by atoms with E-state index >= 15 is 0 Å². The van der Waals surface area contributed by atoms with E-state index in [4.69, 9.17) is 21.9 Å². The van der Waals surface area contributed by atoms with Gasteiger partial charge in [0.15, 0.2) is 5.58 Å². The summed E-state index contributed by atoms with van der Waals surface area (Å²) in [6.07, 6.45) is 0. The zero-order valence-electron chi connectivity index (χ0n) is 6.00. The number of aromatic nitrogens is 1. The molecule has 1 heterocycles. The van der Waals surface area contributed by atoms with Crippen molar-refractivity contribution in [1.29, 1.82) is 5.26 Å². The smallest absolute Gasteiger partial charge is 0.266 e. The first-order valence-corrected chi connectivity index (χ1v) is 3.73. The van der Waals surface area contributed by atoms with E-state index in [9.17, 15) is 0 Å². The molecule has 0 radical (unpaired) electrons. The first kappa shape index (κ1) is 7.07. The molecule has 2 rings (SSSR count). The Morgan fingerprint density at radius 1 is 1.50 bits per heavy atom. The van der Waals surface area contributed by atoms with Gasteiger partial charge in [0.05, 0.1) is 17.1 Å². The minimum atomic E-state index is 0.333. The van der Waals surface area contributed by atoms with Crippen LogP contribution in [-0.4, -0.2) is 4.98 Å². The van der Waals surface area contributed by atoms with E-state index in [1.165, 1.54) is 0 Å². The van der Waals surface area contributed by atoms with E-state index in [0.717, 1.165) is 5.52 Å². The van der Waals surface area contributed by atoms with Crippen LogP contribution in [0.4, 0.5) is 0 Å². The summed E-state index contributed by atoms with van der Waals surface area (Å²) in [5, 5.41) is 8.58. The molecule has 0 bridgehead atoms. The van der Waals surface area contributed by atoms with Crippen molar-refractivity contribution in [1.82, 2.24) is 4.98 Å². The lowest BCUT2D eigenvalue weighted by atomic mass is 10.2. The first-order chi connectivity index (χ1) is 5.79. The molecule has 1 aromatic carbocycles. The number of oxazole rings is 1. The second-order valence-corrected chi connectivity index (χ2v) is 2.71. The lowest BCUT2D eigenvalue weighted by molar-refractivity contribution is 0.583. The van der Waals surface area contributed by atoms with Gasteiger partial charge in [0.2, 0.25) is 0 Å². The predicted octanol–water partition coefficient (Wildman–Crippen LogP) is 2.36. The van der Waals surface area contributed by atoms with Crippen molar-refractivity contribution in [3.8, 4) is 6.07 Å². The first-order valence-electron chi connectivity index (χ1n) is 3.32. The Hall–Kier alpha value is -1.60. The van der Waals surface area contributed by atoms with Crippen molar-refractivity contribution in [2.75, 3.05) is 0 Å². The van der Waals surface area contributed by atoms with E-state index in [1.54, 1.807) is 18.2 Å². The molecule has 0 unspecified atom stereocenters. The van der Waals surface area contributed by atoms with E-state index in [-0.39, 0.29) is 0 Å². The number of rotatable bonds is 0. The molecular formula is C8H4N2OS. The molecule has 1 N–H and O–H groups in total. The van der Waals surface area contributed by atoms with E-state index < -0.39 is 0 Å². The third-order valence-electron chi connectivity index (χ3n) is 1.55. The van der Waals surface area contributed by atoms with Gasteiger partial charge in [-0.2, -0.15) is 5.26 Å². The summed E-state index contributed by atoms with van der Waals surface area (Å²) < 4.78 is 5.12. The monoisotopic (exact) mass is 176 g/mol. The topological polar surface area (TPSA) is 52.7 Å². The average molecular weight is 176 g/mol. The van der Waals surface area contributed by atoms with E-state index in [2.05, 4.69) is 4.98 Å². The van der Waals surface area contributed by atoms with Crippen molar-refractivity contribution in [3.63, 3.8) is 0 Å². The second-order valence-electron chi connectivity index (χ2n) is 2.34. The highest BCUT2D eigenvalue weighted by molar-refractivity contribution is 7.71. The van der Waals surface area contributed by atoms with Crippen LogP contribution in [-0.2, 0) is 0 Å². The molecule has 0 aliphatic heterocycles. The number of nitriles is 1. The van der Waals surface area contributed by atoms with Crippen LogP contribution in [0.1, 0.15) is 5.56 Å². The van der Waals surface area contributed by atoms with Gasteiger partial charge in [0.25, 0.3) is 4.84 Å². The molecule has 0 saturated heterocycles. The number of aromatic amines is 1. The molecule has 3 nitrogen and oxygen atoms in total. The standard InChI is InChI=1S/C8H4N2OS/c9-4-5-1-2-7-6(3-5)10-8(12)11-7/h1-3H,(H,10,12). The van der Waals surface area contributed by atoms with Gasteiger partial charge in [-0.3, -0.25) is 0 Å². The van der Waals surface area contributed by atoms with Crippen LogP contribution in [0.5, 0.6) is 0 Å². The molecule has 0 fully saturated rings. The molecule has 4 heteroatoms. The number of H-pyrrole nitrogens is 1. The zero-order valence-corrected chi connectivity index (χ0v) is 6.81. The van der Waals surface area contributed by atoms with Crippen molar-refractivity contribution in [2.45, 2.75) is 0 Å². The highest BCUT2D eigenvalue weighted by Gasteiger charge is 1.98. The van der Waals surface area contributed by atoms with Gasteiger partial charge in [0.1, 0.15) is 0 Å². The summed E-state index contributed by atoms with van der Waals surface area (Å²) in [4.78, 5) is 3.16. The molecule has 12 heavy (non-hydrogen) atoms. The highest BCUT2D eigenvalue weighted by atomic mass is 32.1. The number of hydrogen-bond acceptors (Lipinski definition) is 3. The Kier molecular flexibility index (Phi) is 1.45. The van der Waals surface area contributed by atoms with Gasteiger partial charge in [-0.15, -0.1) is 0 Å². The largest absolute Gasteiger partial charge is 0.429 e. The number of hydrogen-bond donors (Lipinski definition) is 1. The van der Waals surface area contributed by atoms with E-state index in [0.29, 0.717) is 16.0 Å². The van der Waals surface area contributed by atoms with Crippen LogP contribution in [0.3, 0.4) is 0 Å². The maximum absolute atomic E-state index is 8.58. The van der Waals surface area contributed by atoms with Crippen molar-refractivity contribution in [3.05, 3.63) is 28.6 Å². The summed E-state index contributed by atoms with van der Waals surface area (Å²) in [6, 6.07) is 7.15. The van der Waals surface area contributed by atoms with Crippen molar-refractivity contribution in [2.24, 2.45) is 0 Å². The third-order valence-corrected chi connectivity index (χ3v) is 1.73. The fourth-order valence-corrected chi connectivity index (χ4v) is 1.22. The van der Waals surface area contributed by atoms with Gasteiger partial charge in [-0.25, -0.2) is 0 Å². The number of benzene rings is 1. The second kappa shape index (κ2) is 2.47. The van der Waals surface area contributed by atoms with Crippen LogP contribution < -0.4 is 0 Å². The normalized spacial score (nSPS) is 9.92. The van der Waals surface area contributed by atoms with Gasteiger partial charge < -0.3 is 9.40 Å². The molecule has 2 aromatic rings. The Balaban J connectivity index is 2.85. The van der Waals surface area contributed by atoms with Gasteiger partial charge >= 0.3 is 0 Å². The average Bonchev–Trinajstić information content (AvgIpc) is 2.43. The molecule has 0 atom stereocenters. The molecular weight excluding hydrogens is 172 g/mol. The fourth-order valence-electron chi connectivity index (χ4n) is 1.02. The molecule has 0 aliphatic carbocycles. The maximum atomic E-state index is 8.58. The minimum absolute atomic E-state index is 0.333. The van der Waals surface area contributed by atoms with Gasteiger partial charge in [-0.1, -0.05) is 0 Å². The van der Waals surface area contributed by atoms with Crippen LogP contribution in [0.15, 0.2) is 22.6 Å². The van der Waals surface area contributed by atoms with Crippen molar-refractivity contribution < 1.29 is 4.42 Å². The minimum Gasteiger partial charge on any atom is -0.429 e. The summed E-state index contributed by atoms with van der Waals surface area (Å²) in [6.45, 7) is 0. The SMILES string of the molecule is N#Cc1ccc2oc(=S)[nH]c2c1. The van der Waals surface area contributed by atoms with Crippen LogP contribution in [0.25, 0.3) is 11.1 Å². The summed E-state index contributed by atoms with van der Waals surface area (Å²) in [7, 11) is 0. The summed E-state index contributed by atoms with van der Waals surface area (Å²) in [5.74, 6) is 0. The Labute approximate surface area is 73.2 Å². The van der Waals surface area contributed by atoms with Gasteiger partial charge in [0, 0.05) is 0 Å². The molecule has 1 aromatic heterocycles. The quantitative estimate of drug-likeness (QED) is 0.627.